The molecule has 2 nitrogen and oxygen atoms in total. The number of quaternary nitrogens is 1. The molecule has 0 amide bonds. The highest BCUT2D eigenvalue weighted by Crippen LogP contribution is 2.28. The number of likely N-dealkylation sites (tertiary alicyclic amines) is 1. The molecule has 1 saturated heterocycles. The highest BCUT2D eigenvalue weighted by atomic mass is 16.5. The summed E-state index contributed by atoms with van der Waals surface area (Å²) >= 11 is 0. The summed E-state index contributed by atoms with van der Waals surface area (Å²) in [4.78, 5) is 1.71. The van der Waals surface area contributed by atoms with E-state index in [0.717, 1.165) is 31.2 Å². The summed E-state index contributed by atoms with van der Waals surface area (Å²) in [5.74, 6) is 2.59. The number of ether oxygens (including phenoxy) is 1. The number of para-hydroxylation sites is 1. The van der Waals surface area contributed by atoms with E-state index in [1.165, 1.54) is 31.5 Å². The largest absolute Gasteiger partial charge is 0.487 e. The smallest absolute Gasteiger partial charge is 0.137 e. The maximum Gasteiger partial charge on any atom is 0.137 e. The Morgan fingerprint density at radius 2 is 1.95 bits per heavy atom. The van der Waals surface area contributed by atoms with Gasteiger partial charge in [0.25, 0.3) is 0 Å². The normalized spacial score (nSPS) is 24.4. The summed E-state index contributed by atoms with van der Waals surface area (Å²) in [5.41, 5.74) is 1.36. The lowest BCUT2D eigenvalue weighted by molar-refractivity contribution is -0.906. The van der Waals surface area contributed by atoms with Gasteiger partial charge in [0.15, 0.2) is 0 Å². The summed E-state index contributed by atoms with van der Waals surface area (Å²) in [6, 6.07) is 8.52. The summed E-state index contributed by atoms with van der Waals surface area (Å²) in [7, 11) is 0. The first kappa shape index (κ1) is 15.4. The van der Waals surface area contributed by atoms with E-state index >= 15 is 0 Å². The van der Waals surface area contributed by atoms with Gasteiger partial charge in [-0.3, -0.25) is 0 Å². The van der Waals surface area contributed by atoms with Gasteiger partial charge in [0.05, 0.1) is 13.1 Å². The fourth-order valence-corrected chi connectivity index (χ4v) is 2.96. The first-order valence-corrected chi connectivity index (χ1v) is 8.26. The van der Waals surface area contributed by atoms with Crippen LogP contribution in [-0.4, -0.2) is 26.2 Å². The third kappa shape index (κ3) is 4.24. The Labute approximate surface area is 124 Å². The maximum absolute atomic E-state index is 6.07. The quantitative estimate of drug-likeness (QED) is 0.843. The van der Waals surface area contributed by atoms with Crippen LogP contribution in [0.2, 0.25) is 0 Å². The van der Waals surface area contributed by atoms with E-state index in [0.29, 0.717) is 5.92 Å². The molecule has 0 bridgehead atoms. The van der Waals surface area contributed by atoms with Gasteiger partial charge in [-0.2, -0.15) is 0 Å². The van der Waals surface area contributed by atoms with E-state index in [1.54, 1.807) is 4.90 Å². The first-order valence-electron chi connectivity index (χ1n) is 8.26. The molecule has 112 valence electrons. The summed E-state index contributed by atoms with van der Waals surface area (Å²) in [6.45, 7) is 11.5. The fourth-order valence-electron chi connectivity index (χ4n) is 2.96. The second kappa shape index (κ2) is 7.68. The van der Waals surface area contributed by atoms with Crippen molar-refractivity contribution in [1.29, 1.82) is 0 Å². The maximum atomic E-state index is 6.07. The topological polar surface area (TPSA) is 13.7 Å². The van der Waals surface area contributed by atoms with E-state index in [4.69, 9.17) is 4.74 Å². The number of hydrogen-bond donors (Lipinski definition) is 1. The molecule has 1 N–H and O–H groups in total. The molecule has 1 aromatic carbocycles. The molecule has 1 aromatic rings. The van der Waals surface area contributed by atoms with Crippen molar-refractivity contribution in [2.24, 2.45) is 5.92 Å². The number of nitrogens with one attached hydrogen (secondary N) is 1. The van der Waals surface area contributed by atoms with Crippen molar-refractivity contribution in [2.75, 3.05) is 26.2 Å². The summed E-state index contributed by atoms with van der Waals surface area (Å²) in [5, 5.41) is 0. The van der Waals surface area contributed by atoms with Crippen LogP contribution in [0, 0.1) is 5.92 Å². The lowest BCUT2D eigenvalue weighted by Crippen LogP contribution is -3.13. The molecule has 2 rings (SSSR count). The van der Waals surface area contributed by atoms with E-state index in [9.17, 15) is 0 Å². The molecule has 1 atom stereocenters. The standard InChI is InChI=1S/C18H29NO/c1-4-16(3)17-7-5-6-8-18(17)20-14-13-19-11-9-15(2)10-12-19/h5-8,15-16H,4,9-14H2,1-3H3/p+1/t16-/m1/s1. The van der Waals surface area contributed by atoms with E-state index in [2.05, 4.69) is 45.0 Å². The molecule has 1 aliphatic rings. The molecular formula is C18H30NO+. The van der Waals surface area contributed by atoms with Gasteiger partial charge in [0, 0.05) is 0 Å². The van der Waals surface area contributed by atoms with E-state index < -0.39 is 0 Å². The van der Waals surface area contributed by atoms with Gasteiger partial charge in [-0.05, 0) is 42.7 Å². The predicted molar refractivity (Wildman–Crippen MR) is 84.6 cm³/mol. The average molecular weight is 276 g/mol. The monoisotopic (exact) mass is 276 g/mol. The molecule has 0 aliphatic carbocycles. The van der Waals surface area contributed by atoms with Crippen LogP contribution in [0.1, 0.15) is 51.5 Å². The van der Waals surface area contributed by atoms with Crippen LogP contribution in [-0.2, 0) is 0 Å². The molecule has 0 unspecified atom stereocenters. The highest BCUT2D eigenvalue weighted by Gasteiger charge is 2.18. The number of rotatable bonds is 6. The molecule has 0 saturated carbocycles. The molecule has 0 radical (unpaired) electrons. The van der Waals surface area contributed by atoms with Gasteiger partial charge >= 0.3 is 0 Å². The van der Waals surface area contributed by atoms with Crippen LogP contribution in [0.4, 0.5) is 0 Å². The zero-order valence-corrected chi connectivity index (χ0v) is 13.3. The second-order valence-corrected chi connectivity index (χ2v) is 6.38. The zero-order chi connectivity index (χ0) is 14.4. The van der Waals surface area contributed by atoms with Crippen LogP contribution in [0.15, 0.2) is 24.3 Å². The Hall–Kier alpha value is -1.02. The number of hydrogen-bond acceptors (Lipinski definition) is 1. The van der Waals surface area contributed by atoms with Crippen LogP contribution >= 0.6 is 0 Å². The highest BCUT2D eigenvalue weighted by molar-refractivity contribution is 5.35. The Bertz CT molecular complexity index is 396. The minimum absolute atomic E-state index is 0.578. The van der Waals surface area contributed by atoms with Crippen molar-refractivity contribution in [3.05, 3.63) is 29.8 Å². The molecule has 0 aromatic heterocycles. The lowest BCUT2D eigenvalue weighted by Gasteiger charge is -2.27. The average Bonchev–Trinajstić information content (AvgIpc) is 2.49. The first-order chi connectivity index (χ1) is 9.70. The van der Waals surface area contributed by atoms with Gasteiger partial charge in [0.2, 0.25) is 0 Å². The van der Waals surface area contributed by atoms with Crippen molar-refractivity contribution in [3.63, 3.8) is 0 Å². The van der Waals surface area contributed by atoms with Gasteiger partial charge in [0.1, 0.15) is 18.9 Å². The van der Waals surface area contributed by atoms with Crippen molar-refractivity contribution >= 4 is 0 Å². The van der Waals surface area contributed by atoms with Crippen LogP contribution in [0.25, 0.3) is 0 Å². The molecule has 20 heavy (non-hydrogen) atoms. The minimum atomic E-state index is 0.578. The third-order valence-corrected chi connectivity index (χ3v) is 4.76. The molecule has 1 fully saturated rings. The van der Waals surface area contributed by atoms with Gasteiger partial charge in [-0.1, -0.05) is 39.0 Å². The number of piperidine rings is 1. The van der Waals surface area contributed by atoms with E-state index in [-0.39, 0.29) is 0 Å². The Balaban J connectivity index is 1.82. The molecular weight excluding hydrogens is 246 g/mol. The van der Waals surface area contributed by atoms with Crippen molar-refractivity contribution in [2.45, 2.75) is 46.0 Å². The summed E-state index contributed by atoms with van der Waals surface area (Å²) < 4.78 is 6.07. The Morgan fingerprint density at radius 3 is 2.65 bits per heavy atom. The van der Waals surface area contributed by atoms with Crippen LogP contribution in [0.5, 0.6) is 5.75 Å². The van der Waals surface area contributed by atoms with Crippen molar-refractivity contribution in [3.8, 4) is 5.75 Å². The molecule has 0 spiro atoms. The van der Waals surface area contributed by atoms with Crippen LogP contribution < -0.4 is 9.64 Å². The van der Waals surface area contributed by atoms with Gasteiger partial charge in [-0.15, -0.1) is 0 Å². The van der Waals surface area contributed by atoms with Crippen LogP contribution in [0.3, 0.4) is 0 Å². The second-order valence-electron chi connectivity index (χ2n) is 6.38. The molecule has 2 heteroatoms. The minimum Gasteiger partial charge on any atom is -0.487 e. The molecule has 1 aliphatic heterocycles. The number of benzene rings is 1. The summed E-state index contributed by atoms with van der Waals surface area (Å²) in [6.07, 6.45) is 3.91. The Morgan fingerprint density at radius 1 is 1.25 bits per heavy atom. The SMILES string of the molecule is CC[C@@H](C)c1ccccc1OCC[NH+]1CCC(C)CC1. The molecule has 1 heterocycles. The fraction of sp³-hybridized carbons (Fsp3) is 0.667. The zero-order valence-electron chi connectivity index (χ0n) is 13.3. The van der Waals surface area contributed by atoms with Gasteiger partial charge in [-0.25, -0.2) is 0 Å². The van der Waals surface area contributed by atoms with Crippen molar-refractivity contribution in [1.82, 2.24) is 0 Å². The van der Waals surface area contributed by atoms with E-state index in [1.807, 2.05) is 0 Å². The lowest BCUT2D eigenvalue weighted by atomic mass is 9.98. The van der Waals surface area contributed by atoms with Crippen molar-refractivity contribution < 1.29 is 9.64 Å². The Kier molecular flexibility index (Phi) is 5.90. The third-order valence-electron chi connectivity index (χ3n) is 4.76. The predicted octanol–water partition coefficient (Wildman–Crippen LogP) is 2.89. The van der Waals surface area contributed by atoms with Gasteiger partial charge < -0.3 is 9.64 Å².